The molecule has 1 aromatic heterocycles. The fourth-order valence-electron chi connectivity index (χ4n) is 2.87. The lowest BCUT2D eigenvalue weighted by atomic mass is 10.1. The van der Waals surface area contributed by atoms with Crippen LogP contribution in [0.15, 0.2) is 30.5 Å². The van der Waals surface area contributed by atoms with E-state index < -0.39 is 0 Å². The molecule has 0 unspecified atom stereocenters. The van der Waals surface area contributed by atoms with Crippen LogP contribution in [0, 0.1) is 0 Å². The van der Waals surface area contributed by atoms with Crippen molar-refractivity contribution >= 4 is 18.3 Å². The smallest absolute Gasteiger partial charge is 0.273 e. The minimum Gasteiger partial charge on any atom is -0.497 e. The first kappa shape index (κ1) is 19.2. The number of nitrogens with zero attached hydrogens (tertiary/aromatic N) is 3. The summed E-state index contributed by atoms with van der Waals surface area (Å²) < 4.78 is 7.02. The first-order valence-corrected chi connectivity index (χ1v) is 8.30. The Morgan fingerprint density at radius 2 is 2.20 bits per heavy atom. The zero-order valence-electron chi connectivity index (χ0n) is 14.3. The number of piperidine rings is 1. The number of amides is 1. The topological polar surface area (TPSA) is 81.1 Å². The lowest BCUT2D eigenvalue weighted by Gasteiger charge is -2.22. The largest absolute Gasteiger partial charge is 0.497 e. The molecule has 1 aliphatic heterocycles. The molecule has 1 aromatic carbocycles. The van der Waals surface area contributed by atoms with Gasteiger partial charge in [-0.1, -0.05) is 17.3 Å². The summed E-state index contributed by atoms with van der Waals surface area (Å²) in [6, 6.07) is 8.17. The van der Waals surface area contributed by atoms with E-state index in [2.05, 4.69) is 20.9 Å². The summed E-state index contributed by atoms with van der Waals surface area (Å²) in [5.41, 5.74) is 1.49. The number of aromatic nitrogens is 3. The highest BCUT2D eigenvalue weighted by molar-refractivity contribution is 5.91. The molecule has 2 N–H and O–H groups in total. The quantitative estimate of drug-likeness (QED) is 0.812. The number of rotatable bonds is 6. The average Bonchev–Trinajstić information content (AvgIpc) is 3.13. The van der Waals surface area contributed by atoms with Crippen molar-refractivity contribution < 1.29 is 9.53 Å². The van der Waals surface area contributed by atoms with Crippen LogP contribution in [-0.2, 0) is 6.42 Å². The Balaban J connectivity index is 0.00000225. The maximum absolute atomic E-state index is 12.2. The standard InChI is InChI=1S/C17H23N5O2.ClH/c1-24-15-4-2-3-13(11-15)5-10-19-17(23)16-12-22(21-20-16)14-6-8-18-9-7-14;/h2-4,11-12,14,18H,5-10H2,1H3,(H,19,23);1H. The van der Waals surface area contributed by atoms with Gasteiger partial charge in [-0.2, -0.15) is 0 Å². The number of halogens is 1. The van der Waals surface area contributed by atoms with Crippen LogP contribution in [0.25, 0.3) is 0 Å². The van der Waals surface area contributed by atoms with Crippen LogP contribution in [0.4, 0.5) is 0 Å². The molecule has 1 fully saturated rings. The van der Waals surface area contributed by atoms with Crippen LogP contribution < -0.4 is 15.4 Å². The summed E-state index contributed by atoms with van der Waals surface area (Å²) in [7, 11) is 1.65. The minimum atomic E-state index is -0.182. The van der Waals surface area contributed by atoms with E-state index in [4.69, 9.17) is 4.74 Å². The Bertz CT molecular complexity index is 685. The molecule has 0 saturated carbocycles. The zero-order chi connectivity index (χ0) is 16.8. The van der Waals surface area contributed by atoms with E-state index in [1.807, 2.05) is 28.9 Å². The summed E-state index contributed by atoms with van der Waals surface area (Å²) in [6.45, 7) is 2.51. The van der Waals surface area contributed by atoms with E-state index in [1.54, 1.807) is 13.3 Å². The van der Waals surface area contributed by atoms with E-state index in [1.165, 1.54) is 0 Å². The molecule has 0 atom stereocenters. The van der Waals surface area contributed by atoms with Gasteiger partial charge >= 0.3 is 0 Å². The molecule has 3 rings (SSSR count). The average molecular weight is 366 g/mol. The molecule has 2 heterocycles. The van der Waals surface area contributed by atoms with Crippen LogP contribution in [-0.4, -0.2) is 47.6 Å². The van der Waals surface area contributed by atoms with Crippen LogP contribution in [0.1, 0.15) is 34.9 Å². The number of nitrogens with one attached hydrogen (secondary N) is 2. The molecule has 1 saturated heterocycles. The van der Waals surface area contributed by atoms with Crippen molar-refractivity contribution in [3.05, 3.63) is 41.7 Å². The van der Waals surface area contributed by atoms with Crippen LogP contribution in [0.5, 0.6) is 5.75 Å². The fourth-order valence-corrected chi connectivity index (χ4v) is 2.87. The number of ether oxygens (including phenoxy) is 1. The predicted octanol–water partition coefficient (Wildman–Crippen LogP) is 1.61. The second-order valence-corrected chi connectivity index (χ2v) is 5.92. The van der Waals surface area contributed by atoms with E-state index in [9.17, 15) is 4.79 Å². The molecule has 8 heteroatoms. The van der Waals surface area contributed by atoms with Gasteiger partial charge in [0.25, 0.3) is 5.91 Å². The Labute approximate surface area is 153 Å². The molecule has 25 heavy (non-hydrogen) atoms. The molecular weight excluding hydrogens is 342 g/mol. The molecule has 0 bridgehead atoms. The van der Waals surface area contributed by atoms with Gasteiger partial charge in [0, 0.05) is 6.54 Å². The number of carbonyl (C=O) groups is 1. The Morgan fingerprint density at radius 1 is 1.40 bits per heavy atom. The van der Waals surface area contributed by atoms with Gasteiger partial charge in [0.15, 0.2) is 5.69 Å². The van der Waals surface area contributed by atoms with Gasteiger partial charge in [-0.05, 0) is 50.0 Å². The summed E-state index contributed by atoms with van der Waals surface area (Å²) in [5, 5.41) is 14.3. The molecule has 1 aliphatic rings. The molecular formula is C17H24ClN5O2. The van der Waals surface area contributed by atoms with E-state index in [-0.39, 0.29) is 18.3 Å². The summed E-state index contributed by atoms with van der Waals surface area (Å²) in [6.07, 6.45) is 4.52. The lowest BCUT2D eigenvalue weighted by Crippen LogP contribution is -2.29. The van der Waals surface area contributed by atoms with Gasteiger partial charge in [-0.25, -0.2) is 4.68 Å². The van der Waals surface area contributed by atoms with Gasteiger partial charge in [0.05, 0.1) is 19.3 Å². The normalized spacial score (nSPS) is 14.6. The zero-order valence-corrected chi connectivity index (χ0v) is 15.1. The molecule has 0 aliphatic carbocycles. The predicted molar refractivity (Wildman–Crippen MR) is 97.4 cm³/mol. The molecule has 2 aromatic rings. The van der Waals surface area contributed by atoms with Gasteiger partial charge in [0.2, 0.25) is 0 Å². The Hall–Kier alpha value is -2.12. The maximum atomic E-state index is 12.2. The number of benzene rings is 1. The molecule has 7 nitrogen and oxygen atoms in total. The van der Waals surface area contributed by atoms with Crippen LogP contribution in [0.3, 0.4) is 0 Å². The third-order valence-corrected chi connectivity index (χ3v) is 4.26. The highest BCUT2D eigenvalue weighted by Crippen LogP contribution is 2.17. The number of hydrogen-bond acceptors (Lipinski definition) is 5. The van der Waals surface area contributed by atoms with Crippen molar-refractivity contribution in [1.82, 2.24) is 25.6 Å². The van der Waals surface area contributed by atoms with Gasteiger partial charge in [0.1, 0.15) is 5.75 Å². The monoisotopic (exact) mass is 365 g/mol. The summed E-state index contributed by atoms with van der Waals surface area (Å²) in [5.74, 6) is 0.641. The highest BCUT2D eigenvalue weighted by atomic mass is 35.5. The van der Waals surface area contributed by atoms with E-state index >= 15 is 0 Å². The van der Waals surface area contributed by atoms with Crippen molar-refractivity contribution in [2.45, 2.75) is 25.3 Å². The van der Waals surface area contributed by atoms with Crippen LogP contribution in [0.2, 0.25) is 0 Å². The van der Waals surface area contributed by atoms with E-state index in [0.717, 1.165) is 43.7 Å². The van der Waals surface area contributed by atoms with Gasteiger partial charge in [-0.3, -0.25) is 4.79 Å². The second kappa shape index (κ2) is 9.39. The second-order valence-electron chi connectivity index (χ2n) is 5.92. The molecule has 136 valence electrons. The summed E-state index contributed by atoms with van der Waals surface area (Å²) in [4.78, 5) is 12.2. The Morgan fingerprint density at radius 3 is 2.96 bits per heavy atom. The third-order valence-electron chi connectivity index (χ3n) is 4.26. The number of hydrogen-bond donors (Lipinski definition) is 2. The number of carbonyl (C=O) groups excluding carboxylic acids is 1. The van der Waals surface area contributed by atoms with Gasteiger partial charge < -0.3 is 15.4 Å². The highest BCUT2D eigenvalue weighted by Gasteiger charge is 2.18. The maximum Gasteiger partial charge on any atom is 0.273 e. The fraction of sp³-hybridized carbons (Fsp3) is 0.471. The van der Waals surface area contributed by atoms with Crippen molar-refractivity contribution in [2.75, 3.05) is 26.7 Å². The molecule has 0 radical (unpaired) electrons. The van der Waals surface area contributed by atoms with Crippen molar-refractivity contribution in [3.8, 4) is 5.75 Å². The van der Waals surface area contributed by atoms with Gasteiger partial charge in [-0.15, -0.1) is 17.5 Å². The van der Waals surface area contributed by atoms with E-state index in [0.29, 0.717) is 18.3 Å². The lowest BCUT2D eigenvalue weighted by molar-refractivity contribution is 0.0949. The van der Waals surface area contributed by atoms with Crippen molar-refractivity contribution in [3.63, 3.8) is 0 Å². The van der Waals surface area contributed by atoms with Crippen molar-refractivity contribution in [1.29, 1.82) is 0 Å². The minimum absolute atomic E-state index is 0. The molecule has 0 spiro atoms. The summed E-state index contributed by atoms with van der Waals surface area (Å²) >= 11 is 0. The van der Waals surface area contributed by atoms with Crippen LogP contribution >= 0.6 is 12.4 Å². The Kier molecular flexibility index (Phi) is 7.21. The van der Waals surface area contributed by atoms with Crippen molar-refractivity contribution in [2.24, 2.45) is 0 Å². The third kappa shape index (κ3) is 5.17. The first-order valence-electron chi connectivity index (χ1n) is 8.30. The first-order chi connectivity index (χ1) is 11.8. The SMILES string of the molecule is COc1cccc(CCNC(=O)c2cn(C3CCNCC3)nn2)c1.Cl. The molecule has 1 amide bonds. The number of methoxy groups -OCH3 is 1.